The fraction of sp³-hybridized carbons (Fsp3) is 0.425. The van der Waals surface area contributed by atoms with E-state index in [4.69, 9.17) is 54.2 Å². The van der Waals surface area contributed by atoms with E-state index in [1.165, 1.54) is 0 Å². The van der Waals surface area contributed by atoms with Crippen molar-refractivity contribution in [3.05, 3.63) is 114 Å². The molecule has 286 valence electrons. The highest BCUT2D eigenvalue weighted by Gasteiger charge is 2.58. The highest BCUT2D eigenvalue weighted by Crippen LogP contribution is 2.60. The summed E-state index contributed by atoms with van der Waals surface area (Å²) in [6.45, 7) is 13.8. The summed E-state index contributed by atoms with van der Waals surface area (Å²) < 4.78 is 40.5. The van der Waals surface area contributed by atoms with Gasteiger partial charge in [-0.25, -0.2) is 15.0 Å². The summed E-state index contributed by atoms with van der Waals surface area (Å²) in [6.07, 6.45) is 0.546. The first kappa shape index (κ1) is 38.7. The van der Waals surface area contributed by atoms with Crippen molar-refractivity contribution in [3.63, 3.8) is 0 Å². The number of hydrogen-bond acceptors (Lipinski definition) is 11. The highest BCUT2D eigenvalue weighted by atomic mass is 32.5. The predicted molar refractivity (Wildman–Crippen MR) is 217 cm³/mol. The topological polar surface area (TPSA) is 111 Å². The molecule has 0 saturated carbocycles. The minimum Gasteiger partial charge on any atom is -0.497 e. The van der Waals surface area contributed by atoms with Crippen LogP contribution in [0.4, 0.5) is 5.82 Å². The number of ether oxygens (including phenoxy) is 2. The third kappa shape index (κ3) is 7.17. The Labute approximate surface area is 324 Å². The van der Waals surface area contributed by atoms with Crippen molar-refractivity contribution in [1.82, 2.24) is 19.5 Å². The van der Waals surface area contributed by atoms with Crippen LogP contribution in [0.1, 0.15) is 64.5 Å². The number of imidazole rings is 1. The molecule has 14 heteroatoms. The van der Waals surface area contributed by atoms with E-state index in [2.05, 4.69) is 75.6 Å². The van der Waals surface area contributed by atoms with Gasteiger partial charge in [-0.15, -0.1) is 0 Å². The average molecular weight is 788 g/mol. The van der Waals surface area contributed by atoms with E-state index in [9.17, 15) is 0 Å². The lowest BCUT2D eigenvalue weighted by Crippen LogP contribution is -2.51. The fourth-order valence-electron chi connectivity index (χ4n) is 7.02. The zero-order chi connectivity index (χ0) is 38.5. The number of aromatic nitrogens is 4. The molecule has 0 aliphatic carbocycles. The number of anilines is 1. The molecular formula is C40H50N5O6PSSi. The number of rotatable bonds is 11. The molecule has 2 aromatic heterocycles. The van der Waals surface area contributed by atoms with Gasteiger partial charge in [-0.05, 0) is 79.5 Å². The Morgan fingerprint density at radius 2 is 1.46 bits per heavy atom. The Kier molecular flexibility index (Phi) is 10.7. The number of fused-ring (bicyclic) bond motifs is 2. The minimum absolute atomic E-state index is 0.0863. The molecule has 0 bridgehead atoms. The van der Waals surface area contributed by atoms with Crippen molar-refractivity contribution >= 4 is 43.8 Å². The molecular weight excluding hydrogens is 738 g/mol. The highest BCUT2D eigenvalue weighted by molar-refractivity contribution is 8.07. The van der Waals surface area contributed by atoms with E-state index in [0.717, 1.165) is 22.4 Å². The first-order valence-electron chi connectivity index (χ1n) is 18.4. The standard InChI is InChI=1S/C40H50N5O6PSSi/c1-26(2)48-52(53)49-27(3)33-34(50-52)35(51-54(8,9)39(4,5)6)38(47-33)45-25-43-32-36(41-24-42-37(32)45)44-40(28-16-12-10-13-17-28,29-18-14-11-15-19-29)30-20-22-31(46-7)23-21-30/h10-27,33-35,38H,1-9H3,(H,41,42,44)/t27-,33?,34+,35+,38+,52?/m0/s1. The summed E-state index contributed by atoms with van der Waals surface area (Å²) in [7, 11) is -0.713. The van der Waals surface area contributed by atoms with Crippen LogP contribution in [0.5, 0.6) is 5.75 Å². The molecule has 5 aromatic rings. The van der Waals surface area contributed by atoms with E-state index >= 15 is 0 Å². The van der Waals surface area contributed by atoms with E-state index in [1.807, 2.05) is 73.9 Å². The minimum atomic E-state index is -3.09. The van der Waals surface area contributed by atoms with Gasteiger partial charge in [-0.2, -0.15) is 0 Å². The van der Waals surface area contributed by atoms with Crippen LogP contribution in [-0.4, -0.2) is 65.5 Å². The molecule has 2 saturated heterocycles. The number of nitrogens with one attached hydrogen (secondary N) is 1. The Balaban J connectivity index is 1.35. The Morgan fingerprint density at radius 1 is 0.852 bits per heavy atom. The van der Waals surface area contributed by atoms with Crippen molar-refractivity contribution in [1.29, 1.82) is 0 Å². The first-order chi connectivity index (χ1) is 25.7. The summed E-state index contributed by atoms with van der Waals surface area (Å²) >= 11 is 5.91. The third-order valence-electron chi connectivity index (χ3n) is 10.7. The monoisotopic (exact) mass is 787 g/mol. The number of benzene rings is 3. The molecule has 54 heavy (non-hydrogen) atoms. The van der Waals surface area contributed by atoms with Crippen LogP contribution >= 0.6 is 6.72 Å². The molecule has 0 spiro atoms. The van der Waals surface area contributed by atoms with Gasteiger partial charge in [0.1, 0.15) is 35.9 Å². The van der Waals surface area contributed by atoms with Gasteiger partial charge in [0.05, 0.1) is 25.6 Å². The molecule has 0 amide bonds. The summed E-state index contributed by atoms with van der Waals surface area (Å²) in [6, 6.07) is 28.8. The normalized spacial score (nSPS) is 24.8. The van der Waals surface area contributed by atoms with Gasteiger partial charge in [0, 0.05) is 0 Å². The molecule has 3 aromatic carbocycles. The van der Waals surface area contributed by atoms with E-state index < -0.39 is 51.2 Å². The summed E-state index contributed by atoms with van der Waals surface area (Å²) in [4.78, 5) is 14.6. The van der Waals surface area contributed by atoms with E-state index in [0.29, 0.717) is 17.0 Å². The van der Waals surface area contributed by atoms with Gasteiger partial charge in [0.2, 0.25) is 0 Å². The number of hydrogen-bond donors (Lipinski definition) is 1. The van der Waals surface area contributed by atoms with Crippen molar-refractivity contribution in [2.45, 2.75) is 102 Å². The van der Waals surface area contributed by atoms with Gasteiger partial charge in [-0.3, -0.25) is 9.09 Å². The molecule has 11 nitrogen and oxygen atoms in total. The van der Waals surface area contributed by atoms with Gasteiger partial charge in [-0.1, -0.05) is 93.6 Å². The first-order valence-corrected chi connectivity index (χ1v) is 23.8. The smallest absolute Gasteiger partial charge is 0.328 e. The largest absolute Gasteiger partial charge is 0.497 e. The van der Waals surface area contributed by atoms with Gasteiger partial charge < -0.3 is 28.3 Å². The molecule has 2 aliphatic rings. The second-order valence-corrected chi connectivity index (χ2v) is 23.3. The summed E-state index contributed by atoms with van der Waals surface area (Å²) in [5.41, 5.74) is 3.30. The molecule has 0 radical (unpaired) electrons. The summed E-state index contributed by atoms with van der Waals surface area (Å²) in [5, 5.41) is 3.79. The van der Waals surface area contributed by atoms with E-state index in [1.54, 1.807) is 19.8 Å². The van der Waals surface area contributed by atoms with Gasteiger partial charge >= 0.3 is 6.72 Å². The average Bonchev–Trinajstić information content (AvgIpc) is 3.72. The van der Waals surface area contributed by atoms with Crippen LogP contribution in [0.2, 0.25) is 18.1 Å². The van der Waals surface area contributed by atoms with E-state index in [-0.39, 0.29) is 11.1 Å². The molecule has 6 atom stereocenters. The van der Waals surface area contributed by atoms with Gasteiger partial charge in [0.15, 0.2) is 31.5 Å². The zero-order valence-electron chi connectivity index (χ0n) is 32.3. The molecule has 2 fully saturated rings. The zero-order valence-corrected chi connectivity index (χ0v) is 35.0. The molecule has 2 unspecified atom stereocenters. The lowest BCUT2D eigenvalue weighted by atomic mass is 9.77. The Bertz CT molecular complexity index is 2080. The lowest BCUT2D eigenvalue weighted by molar-refractivity contribution is -0.0956. The molecule has 4 heterocycles. The molecule has 1 N–H and O–H groups in total. The van der Waals surface area contributed by atoms with Crippen molar-refractivity contribution < 1.29 is 27.5 Å². The Hall–Kier alpha value is -3.52. The number of nitrogens with zero attached hydrogens (tertiary/aromatic N) is 4. The van der Waals surface area contributed by atoms with Crippen LogP contribution in [0.25, 0.3) is 11.2 Å². The maximum Gasteiger partial charge on any atom is 0.328 e. The van der Waals surface area contributed by atoms with Crippen LogP contribution in [-0.2, 0) is 40.1 Å². The van der Waals surface area contributed by atoms with Crippen LogP contribution in [0, 0.1) is 0 Å². The van der Waals surface area contributed by atoms with Crippen molar-refractivity contribution in [3.8, 4) is 5.75 Å². The third-order valence-corrected chi connectivity index (χ3v) is 17.7. The summed E-state index contributed by atoms with van der Waals surface area (Å²) in [5.74, 6) is 1.31. The van der Waals surface area contributed by atoms with Crippen LogP contribution in [0.3, 0.4) is 0 Å². The lowest BCUT2D eigenvalue weighted by Gasteiger charge is -2.43. The molecule has 7 rings (SSSR count). The number of methoxy groups -OCH3 is 1. The van der Waals surface area contributed by atoms with Gasteiger partial charge in [0.25, 0.3) is 0 Å². The van der Waals surface area contributed by atoms with Crippen LogP contribution in [0.15, 0.2) is 97.6 Å². The maximum atomic E-state index is 7.20. The maximum absolute atomic E-state index is 7.20. The second kappa shape index (κ2) is 14.9. The SMILES string of the molecule is COc1ccc(C(Nc2ncnc3c2ncn3[C@@H]2OC3[C@H](C)OP(=S)(OC(C)C)O[C@H]3[C@H]2O[Si](C)(C)C(C)(C)C)(c2ccccc2)c2ccccc2)cc1. The van der Waals surface area contributed by atoms with Crippen molar-refractivity contribution in [2.75, 3.05) is 12.4 Å². The van der Waals surface area contributed by atoms with Crippen molar-refractivity contribution in [2.24, 2.45) is 0 Å². The van der Waals surface area contributed by atoms with Crippen LogP contribution < -0.4 is 10.1 Å². The Morgan fingerprint density at radius 3 is 2.04 bits per heavy atom. The quantitative estimate of drug-likeness (QED) is 0.0787. The second-order valence-electron chi connectivity index (χ2n) is 15.7. The predicted octanol–water partition coefficient (Wildman–Crippen LogP) is 8.98. The fourth-order valence-corrected chi connectivity index (χ4v) is 11.3. The molecule has 2 aliphatic heterocycles.